The van der Waals surface area contributed by atoms with Crippen molar-refractivity contribution < 1.29 is 19.3 Å². The largest absolute Gasteiger partial charge is 0.362 e. The molecule has 9 nitrogen and oxygen atoms in total. The Morgan fingerprint density at radius 2 is 1.68 bits per heavy atom. The number of nitro groups is 1. The van der Waals surface area contributed by atoms with Crippen LogP contribution >= 0.6 is 0 Å². The number of urea groups is 1. The van der Waals surface area contributed by atoms with Gasteiger partial charge in [0.25, 0.3) is 5.69 Å². The molecule has 0 N–H and O–H groups in total. The van der Waals surface area contributed by atoms with Gasteiger partial charge in [-0.25, -0.2) is 4.79 Å². The molecule has 0 unspecified atom stereocenters. The van der Waals surface area contributed by atoms with Gasteiger partial charge in [-0.2, -0.15) is 0 Å². The van der Waals surface area contributed by atoms with Crippen molar-refractivity contribution in [2.75, 3.05) is 25.5 Å². The van der Waals surface area contributed by atoms with Gasteiger partial charge in [-0.15, -0.1) is 0 Å². The molecule has 3 aliphatic heterocycles. The number of hydrogen-bond donors (Lipinski definition) is 0. The van der Waals surface area contributed by atoms with Crippen molar-refractivity contribution in [2.24, 2.45) is 5.41 Å². The maximum Gasteiger partial charge on any atom is 0.332 e. The third-order valence-electron chi connectivity index (χ3n) is 6.75. The zero-order valence-electron chi connectivity index (χ0n) is 17.1. The van der Waals surface area contributed by atoms with Crippen LogP contribution in [0.15, 0.2) is 42.5 Å². The minimum absolute atomic E-state index is 0.0147. The van der Waals surface area contributed by atoms with E-state index in [1.165, 1.54) is 26.2 Å². The van der Waals surface area contributed by atoms with Crippen molar-refractivity contribution in [3.63, 3.8) is 0 Å². The standard InChI is InChI=1S/C22H20N4O5/c1-23-19(27)22(20(28)24(2)21(23)29)12-14-11-15(26(30)31)7-8-17(14)25-10-9-13-5-3-4-6-16(13)18(22)25/h3-8,11,18H,9-10,12H2,1-2H3/t18-/m0/s1. The maximum absolute atomic E-state index is 13.7. The molecule has 0 bridgehead atoms. The number of carbonyl (C=O) groups is 3. The molecule has 3 heterocycles. The molecule has 0 aliphatic carbocycles. The predicted molar refractivity (Wildman–Crippen MR) is 110 cm³/mol. The average molecular weight is 420 g/mol. The van der Waals surface area contributed by atoms with Crippen molar-refractivity contribution in [3.8, 4) is 0 Å². The Hall–Kier alpha value is -3.75. The van der Waals surface area contributed by atoms with E-state index >= 15 is 0 Å². The van der Waals surface area contributed by atoms with E-state index in [4.69, 9.17) is 0 Å². The highest BCUT2D eigenvalue weighted by Gasteiger charge is 2.64. The number of fused-ring (bicyclic) bond motifs is 6. The molecule has 1 atom stereocenters. The lowest BCUT2D eigenvalue weighted by Gasteiger charge is -2.54. The second-order valence-electron chi connectivity index (χ2n) is 8.27. The number of nitro benzene ring substituents is 1. The van der Waals surface area contributed by atoms with Gasteiger partial charge >= 0.3 is 6.03 Å². The number of hydrogen-bond acceptors (Lipinski definition) is 6. The first kappa shape index (κ1) is 19.2. The first-order chi connectivity index (χ1) is 14.8. The van der Waals surface area contributed by atoms with Gasteiger partial charge in [0, 0.05) is 44.9 Å². The number of carbonyl (C=O) groups excluding carboxylic acids is 3. The van der Waals surface area contributed by atoms with Crippen LogP contribution in [0.5, 0.6) is 0 Å². The van der Waals surface area contributed by atoms with Crippen LogP contribution in [0.4, 0.5) is 16.2 Å². The summed E-state index contributed by atoms with van der Waals surface area (Å²) < 4.78 is 0. The SMILES string of the molecule is CN1C(=O)N(C)C(=O)C2(Cc3cc([N+](=O)[O-])ccc3N3CCc4ccccc4[C@H]32)C1=O. The summed E-state index contributed by atoms with van der Waals surface area (Å²) in [6.45, 7) is 0.552. The van der Waals surface area contributed by atoms with E-state index in [-0.39, 0.29) is 12.1 Å². The average Bonchev–Trinajstić information content (AvgIpc) is 2.79. The number of non-ortho nitro benzene ring substituents is 1. The first-order valence-electron chi connectivity index (χ1n) is 9.99. The van der Waals surface area contributed by atoms with Gasteiger partial charge in [-0.1, -0.05) is 24.3 Å². The number of benzene rings is 2. The third-order valence-corrected chi connectivity index (χ3v) is 6.75. The zero-order chi connectivity index (χ0) is 22.1. The molecule has 0 radical (unpaired) electrons. The van der Waals surface area contributed by atoms with Crippen LogP contribution in [0.25, 0.3) is 0 Å². The van der Waals surface area contributed by atoms with Crippen molar-refractivity contribution in [2.45, 2.75) is 18.9 Å². The molecule has 0 aromatic heterocycles. The van der Waals surface area contributed by atoms with Crippen LogP contribution in [0.2, 0.25) is 0 Å². The van der Waals surface area contributed by atoms with E-state index in [2.05, 4.69) is 0 Å². The van der Waals surface area contributed by atoms with Gasteiger partial charge < -0.3 is 4.90 Å². The summed E-state index contributed by atoms with van der Waals surface area (Å²) in [5.41, 5.74) is 1.57. The Morgan fingerprint density at radius 1 is 1.00 bits per heavy atom. The Morgan fingerprint density at radius 3 is 2.35 bits per heavy atom. The molecule has 1 spiro atoms. The summed E-state index contributed by atoms with van der Waals surface area (Å²) in [4.78, 5) is 54.6. The van der Waals surface area contributed by atoms with Crippen LogP contribution in [-0.4, -0.2) is 53.2 Å². The normalized spacial score (nSPS) is 21.7. The summed E-state index contributed by atoms with van der Waals surface area (Å²) in [6.07, 6.45) is 0.700. The minimum atomic E-state index is -1.59. The lowest BCUT2D eigenvalue weighted by Crippen LogP contribution is -2.69. The molecular formula is C22H20N4O5. The molecule has 9 heteroatoms. The van der Waals surface area contributed by atoms with Crippen LogP contribution in [0.3, 0.4) is 0 Å². The van der Waals surface area contributed by atoms with E-state index in [1.54, 1.807) is 6.07 Å². The van der Waals surface area contributed by atoms with Crippen LogP contribution < -0.4 is 4.90 Å². The molecule has 2 aromatic carbocycles. The van der Waals surface area contributed by atoms with Gasteiger partial charge in [-0.3, -0.25) is 29.5 Å². The number of rotatable bonds is 1. The van der Waals surface area contributed by atoms with Gasteiger partial charge in [0.15, 0.2) is 5.41 Å². The molecule has 1 saturated heterocycles. The van der Waals surface area contributed by atoms with Gasteiger partial charge in [0.2, 0.25) is 11.8 Å². The quantitative estimate of drug-likeness (QED) is 0.398. The molecule has 5 rings (SSSR count). The van der Waals surface area contributed by atoms with Gasteiger partial charge in [0.05, 0.1) is 11.0 Å². The van der Waals surface area contributed by atoms with E-state index in [9.17, 15) is 24.5 Å². The van der Waals surface area contributed by atoms with Crippen LogP contribution in [0, 0.1) is 15.5 Å². The number of nitrogens with zero attached hydrogens (tertiary/aromatic N) is 4. The predicted octanol–water partition coefficient (Wildman–Crippen LogP) is 2.29. The summed E-state index contributed by atoms with van der Waals surface area (Å²) >= 11 is 0. The highest BCUT2D eigenvalue weighted by Crippen LogP contribution is 2.54. The second-order valence-corrected chi connectivity index (χ2v) is 8.27. The first-order valence-corrected chi connectivity index (χ1v) is 9.99. The van der Waals surface area contributed by atoms with E-state index in [0.29, 0.717) is 18.5 Å². The number of amides is 4. The molecule has 4 amide bonds. The fraction of sp³-hybridized carbons (Fsp3) is 0.318. The Kier molecular flexibility index (Phi) is 3.95. The maximum atomic E-state index is 13.7. The van der Waals surface area contributed by atoms with E-state index in [0.717, 1.165) is 26.6 Å². The highest BCUT2D eigenvalue weighted by molar-refractivity contribution is 6.20. The smallest absolute Gasteiger partial charge is 0.332 e. The van der Waals surface area contributed by atoms with Gasteiger partial charge in [0.1, 0.15) is 0 Å². The number of barbiturate groups is 1. The Labute approximate surface area is 178 Å². The number of imide groups is 2. The second kappa shape index (κ2) is 6.37. The Balaban J connectivity index is 1.80. The van der Waals surface area contributed by atoms with Crippen LogP contribution in [-0.2, 0) is 22.4 Å². The molecular weight excluding hydrogens is 400 g/mol. The summed E-state index contributed by atoms with van der Waals surface area (Å²) in [5, 5.41) is 11.4. The van der Waals surface area contributed by atoms with Crippen molar-refractivity contribution >= 4 is 29.2 Å². The zero-order valence-corrected chi connectivity index (χ0v) is 17.1. The molecule has 31 heavy (non-hydrogen) atoms. The monoisotopic (exact) mass is 420 g/mol. The summed E-state index contributed by atoms with van der Waals surface area (Å²) in [7, 11) is 2.74. The molecule has 158 valence electrons. The molecule has 1 fully saturated rings. The van der Waals surface area contributed by atoms with E-state index < -0.39 is 34.2 Å². The summed E-state index contributed by atoms with van der Waals surface area (Å²) in [5.74, 6) is -1.16. The van der Waals surface area contributed by atoms with E-state index in [1.807, 2.05) is 29.2 Å². The lowest BCUT2D eigenvalue weighted by atomic mass is 9.64. The van der Waals surface area contributed by atoms with Gasteiger partial charge in [-0.05, 0) is 29.2 Å². The lowest BCUT2D eigenvalue weighted by molar-refractivity contribution is -0.384. The minimum Gasteiger partial charge on any atom is -0.362 e. The highest BCUT2D eigenvalue weighted by atomic mass is 16.6. The summed E-state index contributed by atoms with van der Waals surface area (Å²) in [6, 6.07) is 11.0. The fourth-order valence-electron chi connectivity index (χ4n) is 5.34. The van der Waals surface area contributed by atoms with Crippen molar-refractivity contribution in [3.05, 3.63) is 69.3 Å². The topological polar surface area (TPSA) is 104 Å². The number of anilines is 1. The fourth-order valence-corrected chi connectivity index (χ4v) is 5.34. The molecule has 0 saturated carbocycles. The van der Waals surface area contributed by atoms with Crippen molar-refractivity contribution in [1.29, 1.82) is 0 Å². The van der Waals surface area contributed by atoms with Crippen molar-refractivity contribution in [1.82, 2.24) is 9.80 Å². The van der Waals surface area contributed by atoms with Crippen LogP contribution in [0.1, 0.15) is 22.7 Å². The molecule has 3 aliphatic rings. The third kappa shape index (κ3) is 2.40. The Bertz CT molecular complexity index is 1150. The molecule has 2 aromatic rings.